The Morgan fingerprint density at radius 2 is 2.12 bits per heavy atom. The van der Waals surface area contributed by atoms with E-state index in [1.165, 1.54) is 18.3 Å². The molecule has 0 saturated heterocycles. The highest BCUT2D eigenvalue weighted by Gasteiger charge is 2.06. The Morgan fingerprint density at radius 3 is 2.59 bits per heavy atom. The van der Waals surface area contributed by atoms with E-state index >= 15 is 0 Å². The standard InChI is InChI=1S/C11H15N3O3/c1-7(2)12-6-10(15)14-8-3-4-9(11(16)17)13-5-8/h3-5,7,12H,6H2,1-2H3,(H,14,15)(H,16,17). The lowest BCUT2D eigenvalue weighted by atomic mass is 10.3. The van der Waals surface area contributed by atoms with Crippen molar-refractivity contribution in [3.05, 3.63) is 24.0 Å². The number of nitrogens with one attached hydrogen (secondary N) is 2. The van der Waals surface area contributed by atoms with Crippen LogP contribution < -0.4 is 10.6 Å². The number of aromatic carboxylic acids is 1. The van der Waals surface area contributed by atoms with Crippen LogP contribution in [-0.2, 0) is 4.79 Å². The lowest BCUT2D eigenvalue weighted by Gasteiger charge is -2.08. The van der Waals surface area contributed by atoms with Gasteiger partial charge in [0.1, 0.15) is 5.69 Å². The molecule has 0 unspecified atom stereocenters. The molecule has 3 N–H and O–H groups in total. The first-order chi connectivity index (χ1) is 7.99. The number of nitrogens with zero attached hydrogens (tertiary/aromatic N) is 1. The zero-order valence-electron chi connectivity index (χ0n) is 9.73. The fourth-order valence-corrected chi connectivity index (χ4v) is 1.10. The summed E-state index contributed by atoms with van der Waals surface area (Å²) in [4.78, 5) is 25.7. The minimum atomic E-state index is -1.09. The first-order valence-corrected chi connectivity index (χ1v) is 5.21. The molecule has 17 heavy (non-hydrogen) atoms. The van der Waals surface area contributed by atoms with E-state index < -0.39 is 5.97 Å². The second-order valence-electron chi connectivity index (χ2n) is 3.82. The molecule has 1 amide bonds. The van der Waals surface area contributed by atoms with E-state index in [0.29, 0.717) is 5.69 Å². The summed E-state index contributed by atoms with van der Waals surface area (Å²) in [5.41, 5.74) is 0.425. The van der Waals surface area contributed by atoms with Gasteiger partial charge in [-0.3, -0.25) is 4.79 Å². The smallest absolute Gasteiger partial charge is 0.354 e. The molecular weight excluding hydrogens is 222 g/mol. The molecule has 0 radical (unpaired) electrons. The third-order valence-electron chi connectivity index (χ3n) is 1.94. The highest BCUT2D eigenvalue weighted by Crippen LogP contribution is 2.05. The Morgan fingerprint density at radius 1 is 1.41 bits per heavy atom. The summed E-state index contributed by atoms with van der Waals surface area (Å²) in [7, 11) is 0. The highest BCUT2D eigenvalue weighted by molar-refractivity contribution is 5.92. The van der Waals surface area contributed by atoms with Gasteiger partial charge in [0.05, 0.1) is 18.4 Å². The average molecular weight is 237 g/mol. The summed E-state index contributed by atoms with van der Waals surface area (Å²) >= 11 is 0. The van der Waals surface area contributed by atoms with Crippen molar-refractivity contribution in [2.45, 2.75) is 19.9 Å². The second-order valence-corrected chi connectivity index (χ2v) is 3.82. The monoisotopic (exact) mass is 237 g/mol. The molecule has 0 aliphatic carbocycles. The van der Waals surface area contributed by atoms with Gasteiger partial charge in [-0.25, -0.2) is 9.78 Å². The highest BCUT2D eigenvalue weighted by atomic mass is 16.4. The molecular formula is C11H15N3O3. The SMILES string of the molecule is CC(C)NCC(=O)Nc1ccc(C(=O)O)nc1. The van der Waals surface area contributed by atoms with Crippen molar-refractivity contribution in [3.63, 3.8) is 0 Å². The maximum Gasteiger partial charge on any atom is 0.354 e. The predicted octanol–water partition coefficient (Wildman–Crippen LogP) is 0.716. The van der Waals surface area contributed by atoms with Gasteiger partial charge in [-0.05, 0) is 12.1 Å². The van der Waals surface area contributed by atoms with Crippen molar-refractivity contribution >= 4 is 17.6 Å². The molecule has 1 heterocycles. The fourth-order valence-electron chi connectivity index (χ4n) is 1.10. The van der Waals surface area contributed by atoms with Gasteiger partial charge < -0.3 is 15.7 Å². The molecule has 0 fully saturated rings. The molecule has 0 aromatic carbocycles. The van der Waals surface area contributed by atoms with E-state index in [1.807, 2.05) is 13.8 Å². The van der Waals surface area contributed by atoms with E-state index in [9.17, 15) is 9.59 Å². The van der Waals surface area contributed by atoms with Gasteiger partial charge in [-0.2, -0.15) is 0 Å². The molecule has 0 bridgehead atoms. The third-order valence-corrected chi connectivity index (χ3v) is 1.94. The van der Waals surface area contributed by atoms with Crippen LogP contribution in [0.1, 0.15) is 24.3 Å². The number of carboxylic acid groups (broad SMARTS) is 1. The number of aromatic nitrogens is 1. The van der Waals surface area contributed by atoms with Crippen LogP contribution in [0.3, 0.4) is 0 Å². The maximum absolute atomic E-state index is 11.4. The molecule has 1 rings (SSSR count). The number of anilines is 1. The Labute approximate surface area is 99.1 Å². The number of carboxylic acids is 1. The van der Waals surface area contributed by atoms with Crippen LogP contribution in [-0.4, -0.2) is 34.6 Å². The van der Waals surface area contributed by atoms with Crippen LogP contribution in [0.15, 0.2) is 18.3 Å². The van der Waals surface area contributed by atoms with Crippen LogP contribution in [0.5, 0.6) is 0 Å². The van der Waals surface area contributed by atoms with Gasteiger partial charge in [0.15, 0.2) is 0 Å². The molecule has 0 spiro atoms. The Bertz CT molecular complexity index is 401. The van der Waals surface area contributed by atoms with Gasteiger partial charge in [-0.15, -0.1) is 0 Å². The number of hydrogen-bond acceptors (Lipinski definition) is 4. The Kier molecular flexibility index (Phi) is 4.59. The molecule has 0 saturated carbocycles. The minimum absolute atomic E-state index is 0.0525. The van der Waals surface area contributed by atoms with Gasteiger partial charge in [0.2, 0.25) is 5.91 Å². The lowest BCUT2D eigenvalue weighted by Crippen LogP contribution is -2.32. The molecule has 92 valence electrons. The fraction of sp³-hybridized carbons (Fsp3) is 0.364. The zero-order chi connectivity index (χ0) is 12.8. The van der Waals surface area contributed by atoms with Crippen molar-refractivity contribution in [2.75, 3.05) is 11.9 Å². The Balaban J connectivity index is 2.51. The number of amides is 1. The quantitative estimate of drug-likeness (QED) is 0.701. The van der Waals surface area contributed by atoms with Crippen molar-refractivity contribution < 1.29 is 14.7 Å². The molecule has 0 aliphatic rings. The van der Waals surface area contributed by atoms with Crippen molar-refractivity contribution in [2.24, 2.45) is 0 Å². The summed E-state index contributed by atoms with van der Waals surface area (Å²) in [6, 6.07) is 3.07. The van der Waals surface area contributed by atoms with E-state index in [4.69, 9.17) is 5.11 Å². The van der Waals surface area contributed by atoms with E-state index in [-0.39, 0.29) is 24.2 Å². The number of pyridine rings is 1. The molecule has 6 nitrogen and oxygen atoms in total. The van der Waals surface area contributed by atoms with E-state index in [0.717, 1.165) is 0 Å². The third kappa shape index (κ3) is 4.60. The molecule has 6 heteroatoms. The van der Waals surface area contributed by atoms with E-state index in [2.05, 4.69) is 15.6 Å². The lowest BCUT2D eigenvalue weighted by molar-refractivity contribution is -0.115. The normalized spacial score (nSPS) is 10.3. The van der Waals surface area contributed by atoms with Crippen molar-refractivity contribution in [1.82, 2.24) is 10.3 Å². The molecule has 1 aromatic rings. The van der Waals surface area contributed by atoms with Crippen LogP contribution in [0.25, 0.3) is 0 Å². The summed E-state index contributed by atoms with van der Waals surface area (Å²) < 4.78 is 0. The van der Waals surface area contributed by atoms with Gasteiger partial charge >= 0.3 is 5.97 Å². The number of hydrogen-bond donors (Lipinski definition) is 3. The predicted molar refractivity (Wildman–Crippen MR) is 63.0 cm³/mol. The van der Waals surface area contributed by atoms with Crippen molar-refractivity contribution in [3.8, 4) is 0 Å². The summed E-state index contributed by atoms with van der Waals surface area (Å²) in [6.07, 6.45) is 1.32. The van der Waals surface area contributed by atoms with Crippen molar-refractivity contribution in [1.29, 1.82) is 0 Å². The zero-order valence-corrected chi connectivity index (χ0v) is 9.73. The number of carbonyl (C=O) groups excluding carboxylic acids is 1. The first kappa shape index (κ1) is 13.1. The topological polar surface area (TPSA) is 91.3 Å². The van der Waals surface area contributed by atoms with Gasteiger partial charge in [0.25, 0.3) is 0 Å². The number of carbonyl (C=O) groups is 2. The van der Waals surface area contributed by atoms with E-state index in [1.54, 1.807) is 0 Å². The summed E-state index contributed by atoms with van der Waals surface area (Å²) in [5.74, 6) is -1.28. The van der Waals surface area contributed by atoms with Crippen LogP contribution in [0.2, 0.25) is 0 Å². The second kappa shape index (κ2) is 5.95. The largest absolute Gasteiger partial charge is 0.477 e. The molecule has 0 atom stereocenters. The molecule has 0 aliphatic heterocycles. The Hall–Kier alpha value is -1.95. The summed E-state index contributed by atoms with van der Waals surface area (Å²) in [5, 5.41) is 14.2. The average Bonchev–Trinajstić information content (AvgIpc) is 2.27. The molecule has 1 aromatic heterocycles. The van der Waals surface area contributed by atoms with Gasteiger partial charge in [-0.1, -0.05) is 13.8 Å². The van der Waals surface area contributed by atoms with Crippen LogP contribution >= 0.6 is 0 Å². The summed E-state index contributed by atoms with van der Waals surface area (Å²) in [6.45, 7) is 4.09. The van der Waals surface area contributed by atoms with Gasteiger partial charge in [0, 0.05) is 6.04 Å². The van der Waals surface area contributed by atoms with Crippen LogP contribution in [0, 0.1) is 0 Å². The van der Waals surface area contributed by atoms with Crippen LogP contribution in [0.4, 0.5) is 5.69 Å². The first-order valence-electron chi connectivity index (χ1n) is 5.21. The number of rotatable bonds is 5. The minimum Gasteiger partial charge on any atom is -0.477 e. The maximum atomic E-state index is 11.4.